The van der Waals surface area contributed by atoms with E-state index in [4.69, 9.17) is 9.72 Å². The number of carbonyl (C=O) groups is 1. The van der Waals surface area contributed by atoms with Crippen molar-refractivity contribution in [2.75, 3.05) is 20.3 Å². The molecular formula is C23H32N4O2. The third-order valence-corrected chi connectivity index (χ3v) is 6.42. The number of methoxy groups -OCH3 is 1. The monoisotopic (exact) mass is 396 g/mol. The van der Waals surface area contributed by atoms with E-state index in [-0.39, 0.29) is 11.8 Å². The highest BCUT2D eigenvalue weighted by molar-refractivity contribution is 5.79. The largest absolute Gasteiger partial charge is 0.383 e. The van der Waals surface area contributed by atoms with Gasteiger partial charge in [-0.15, -0.1) is 0 Å². The summed E-state index contributed by atoms with van der Waals surface area (Å²) in [7, 11) is 1.68. The summed E-state index contributed by atoms with van der Waals surface area (Å²) in [6, 6.07) is 3.94. The molecule has 0 radical (unpaired) electrons. The summed E-state index contributed by atoms with van der Waals surface area (Å²) < 4.78 is 7.65. The Morgan fingerprint density at radius 1 is 1.24 bits per heavy atom. The zero-order valence-electron chi connectivity index (χ0n) is 17.4. The first kappa shape index (κ1) is 20.1. The van der Waals surface area contributed by atoms with E-state index in [1.165, 1.54) is 43.6 Å². The maximum atomic E-state index is 13.3. The maximum Gasteiger partial charge on any atom is 0.226 e. The Morgan fingerprint density at radius 2 is 2.10 bits per heavy atom. The molecule has 1 aliphatic heterocycles. The molecule has 2 aliphatic rings. The quantitative estimate of drug-likeness (QED) is 0.718. The molecule has 4 rings (SSSR count). The van der Waals surface area contributed by atoms with Gasteiger partial charge in [-0.3, -0.25) is 9.78 Å². The zero-order chi connectivity index (χ0) is 20.1. The van der Waals surface area contributed by atoms with Gasteiger partial charge in [0.1, 0.15) is 5.82 Å². The fourth-order valence-corrected chi connectivity index (χ4v) is 4.82. The highest BCUT2D eigenvalue weighted by atomic mass is 16.5. The van der Waals surface area contributed by atoms with E-state index in [2.05, 4.69) is 9.55 Å². The van der Waals surface area contributed by atoms with Crippen LogP contribution in [0.25, 0.3) is 0 Å². The van der Waals surface area contributed by atoms with Crippen LogP contribution in [0.5, 0.6) is 0 Å². The van der Waals surface area contributed by atoms with Gasteiger partial charge in [-0.25, -0.2) is 4.98 Å². The van der Waals surface area contributed by atoms with Gasteiger partial charge >= 0.3 is 0 Å². The van der Waals surface area contributed by atoms with E-state index in [0.717, 1.165) is 24.9 Å². The molecule has 3 heterocycles. The fraction of sp³-hybridized carbons (Fsp3) is 0.609. The lowest BCUT2D eigenvalue weighted by Gasteiger charge is -2.31. The molecular weight excluding hydrogens is 364 g/mol. The first-order valence-corrected chi connectivity index (χ1v) is 11.0. The molecule has 1 atom stereocenters. The molecule has 0 N–H and O–H groups in total. The highest BCUT2D eigenvalue weighted by Crippen LogP contribution is 2.34. The molecule has 0 saturated heterocycles. The first-order valence-electron chi connectivity index (χ1n) is 11.0. The van der Waals surface area contributed by atoms with Crippen molar-refractivity contribution in [1.29, 1.82) is 0 Å². The van der Waals surface area contributed by atoms with Crippen molar-refractivity contribution in [2.24, 2.45) is 5.92 Å². The van der Waals surface area contributed by atoms with Gasteiger partial charge in [-0.05, 0) is 30.9 Å². The van der Waals surface area contributed by atoms with Crippen molar-refractivity contribution in [3.05, 3.63) is 47.8 Å². The van der Waals surface area contributed by atoms with Gasteiger partial charge in [-0.2, -0.15) is 0 Å². The van der Waals surface area contributed by atoms with Gasteiger partial charge in [0.15, 0.2) is 0 Å². The van der Waals surface area contributed by atoms with Crippen LogP contribution >= 0.6 is 0 Å². The van der Waals surface area contributed by atoms with Crippen LogP contribution < -0.4 is 0 Å². The minimum Gasteiger partial charge on any atom is -0.383 e. The SMILES string of the molecule is COCCN(Cc1cccnc1)C(=O)[C@H]1CCn2c(cnc2C2CCCCC2)C1. The topological polar surface area (TPSA) is 60.2 Å². The molecule has 156 valence electrons. The third kappa shape index (κ3) is 4.69. The lowest BCUT2D eigenvalue weighted by atomic mass is 9.88. The van der Waals surface area contributed by atoms with Crippen molar-refractivity contribution in [2.45, 2.75) is 64.0 Å². The summed E-state index contributed by atoms with van der Waals surface area (Å²) >= 11 is 0. The molecule has 1 saturated carbocycles. The van der Waals surface area contributed by atoms with E-state index < -0.39 is 0 Å². The molecule has 0 aromatic carbocycles. The van der Waals surface area contributed by atoms with Crippen molar-refractivity contribution >= 4 is 5.91 Å². The number of hydrogen-bond donors (Lipinski definition) is 0. The number of imidazole rings is 1. The Balaban J connectivity index is 1.45. The Hall–Kier alpha value is -2.21. The minimum absolute atomic E-state index is 0.0203. The molecule has 1 amide bonds. The highest BCUT2D eigenvalue weighted by Gasteiger charge is 2.31. The van der Waals surface area contributed by atoms with Gasteiger partial charge in [-0.1, -0.05) is 25.3 Å². The number of fused-ring (bicyclic) bond motifs is 1. The number of aromatic nitrogens is 3. The first-order chi connectivity index (χ1) is 14.3. The second-order valence-corrected chi connectivity index (χ2v) is 8.40. The average molecular weight is 397 g/mol. The number of pyridine rings is 1. The minimum atomic E-state index is 0.0203. The normalized spacial score (nSPS) is 19.7. The second-order valence-electron chi connectivity index (χ2n) is 8.40. The lowest BCUT2D eigenvalue weighted by Crippen LogP contribution is -2.40. The van der Waals surface area contributed by atoms with Crippen molar-refractivity contribution in [3.8, 4) is 0 Å². The number of hydrogen-bond acceptors (Lipinski definition) is 4. The van der Waals surface area contributed by atoms with Crippen LogP contribution in [0, 0.1) is 5.92 Å². The van der Waals surface area contributed by atoms with Crippen LogP contribution in [-0.2, 0) is 29.0 Å². The predicted octanol–water partition coefficient (Wildman–Crippen LogP) is 3.56. The summed E-state index contributed by atoms with van der Waals surface area (Å²) in [4.78, 5) is 24.3. The Kier molecular flexibility index (Phi) is 6.60. The molecule has 1 aliphatic carbocycles. The van der Waals surface area contributed by atoms with Gasteiger partial charge in [0.25, 0.3) is 0 Å². The van der Waals surface area contributed by atoms with E-state index in [1.54, 1.807) is 13.3 Å². The van der Waals surface area contributed by atoms with Crippen LogP contribution in [0.4, 0.5) is 0 Å². The number of nitrogens with zero attached hydrogens (tertiary/aromatic N) is 4. The van der Waals surface area contributed by atoms with E-state index >= 15 is 0 Å². The summed E-state index contributed by atoms with van der Waals surface area (Å²) in [5.74, 6) is 2.11. The molecule has 0 bridgehead atoms. The van der Waals surface area contributed by atoms with Crippen LogP contribution in [0.2, 0.25) is 0 Å². The Labute approximate surface area is 173 Å². The smallest absolute Gasteiger partial charge is 0.226 e. The molecule has 2 aromatic rings. The third-order valence-electron chi connectivity index (χ3n) is 6.42. The predicted molar refractivity (Wildman–Crippen MR) is 111 cm³/mol. The van der Waals surface area contributed by atoms with Crippen LogP contribution in [0.3, 0.4) is 0 Å². The number of carbonyl (C=O) groups excluding carboxylic acids is 1. The van der Waals surface area contributed by atoms with Gasteiger partial charge < -0.3 is 14.2 Å². The van der Waals surface area contributed by atoms with E-state index in [1.807, 2.05) is 29.4 Å². The average Bonchev–Trinajstić information content (AvgIpc) is 3.21. The fourth-order valence-electron chi connectivity index (χ4n) is 4.82. The standard InChI is InChI=1S/C23H32N4O2/c1-29-13-12-26(17-18-6-5-10-24-15-18)23(28)20-9-11-27-21(14-20)16-25-22(27)19-7-3-2-4-8-19/h5-6,10,15-16,19-20H,2-4,7-9,11-14,17H2,1H3/t20-/m0/s1. The van der Waals surface area contributed by atoms with Crippen LogP contribution in [0.1, 0.15) is 61.5 Å². The second kappa shape index (κ2) is 9.53. The number of amides is 1. The molecule has 29 heavy (non-hydrogen) atoms. The molecule has 6 nitrogen and oxygen atoms in total. The van der Waals surface area contributed by atoms with Gasteiger partial charge in [0, 0.05) is 69.3 Å². The van der Waals surface area contributed by atoms with Crippen LogP contribution in [-0.4, -0.2) is 45.6 Å². The zero-order valence-corrected chi connectivity index (χ0v) is 17.4. The van der Waals surface area contributed by atoms with Gasteiger partial charge in [0.05, 0.1) is 6.61 Å². The van der Waals surface area contributed by atoms with E-state index in [0.29, 0.717) is 25.6 Å². The Bertz CT molecular complexity index is 798. The Morgan fingerprint density at radius 3 is 2.86 bits per heavy atom. The summed E-state index contributed by atoms with van der Waals surface area (Å²) in [6.07, 6.45) is 13.8. The molecule has 2 aromatic heterocycles. The molecule has 0 unspecified atom stereocenters. The maximum absolute atomic E-state index is 13.3. The van der Waals surface area contributed by atoms with Crippen molar-refractivity contribution in [3.63, 3.8) is 0 Å². The van der Waals surface area contributed by atoms with E-state index in [9.17, 15) is 4.79 Å². The molecule has 6 heteroatoms. The summed E-state index contributed by atoms with van der Waals surface area (Å²) in [6.45, 7) is 2.64. The molecule has 1 fully saturated rings. The lowest BCUT2D eigenvalue weighted by molar-refractivity contribution is -0.137. The molecule has 0 spiro atoms. The summed E-state index contributed by atoms with van der Waals surface area (Å²) in [5, 5.41) is 0. The number of ether oxygens (including phenoxy) is 1. The van der Waals surface area contributed by atoms with Crippen LogP contribution in [0.15, 0.2) is 30.7 Å². The van der Waals surface area contributed by atoms with Gasteiger partial charge in [0.2, 0.25) is 5.91 Å². The van der Waals surface area contributed by atoms with Crippen molar-refractivity contribution < 1.29 is 9.53 Å². The summed E-state index contributed by atoms with van der Waals surface area (Å²) in [5.41, 5.74) is 2.28. The number of rotatable bonds is 7. The van der Waals surface area contributed by atoms with Crippen molar-refractivity contribution in [1.82, 2.24) is 19.4 Å².